The van der Waals surface area contributed by atoms with E-state index in [1.54, 1.807) is 0 Å². The number of hydrogen-bond donors (Lipinski definition) is 0. The Bertz CT molecular complexity index is 2720. The smallest absolute Gasteiger partial charge is 0.252 e. The molecule has 0 amide bonds. The first-order valence-electron chi connectivity index (χ1n) is 20.7. The second-order valence-corrected chi connectivity index (χ2v) is 15.9. The van der Waals surface area contributed by atoms with E-state index in [4.69, 9.17) is 0 Å². The molecule has 0 bridgehead atoms. The lowest BCUT2D eigenvalue weighted by atomic mass is 9.33. The first-order valence-corrected chi connectivity index (χ1v) is 20.7. The van der Waals surface area contributed by atoms with Crippen molar-refractivity contribution in [2.45, 2.75) is 38.0 Å². The molecule has 8 aromatic carbocycles. The molecule has 57 heavy (non-hydrogen) atoms. The summed E-state index contributed by atoms with van der Waals surface area (Å²) in [6.07, 6.45) is 6.40. The molecule has 1 fully saturated rings. The lowest BCUT2D eigenvalue weighted by Crippen LogP contribution is -2.61. The van der Waals surface area contributed by atoms with Crippen LogP contribution in [-0.2, 0) is 0 Å². The lowest BCUT2D eigenvalue weighted by molar-refractivity contribution is 0.444. The van der Waals surface area contributed by atoms with Crippen LogP contribution in [0.5, 0.6) is 0 Å². The standard InChI is InChI=1S/C54H43BN2/c1-6-17-38(18-7-1)42-25-16-28-47(33-42)57-51-32-30-44(40-21-10-3-11-22-40)35-49(51)55-48-34-43(39-19-8-2-9-20-39)29-31-50(48)56(46-26-14-5-15-27-46)52-36-45(37-53(57)54(52)55)41-23-12-4-13-24-41/h1-3,5-11,14-22,25-37,41H,4,12-13,23-24H2. The molecule has 0 saturated heterocycles. The molecule has 3 heteroatoms. The Morgan fingerprint density at radius 2 is 0.789 bits per heavy atom. The highest BCUT2D eigenvalue weighted by Crippen LogP contribution is 2.48. The summed E-state index contributed by atoms with van der Waals surface area (Å²) in [5.41, 5.74) is 20.4. The molecule has 0 N–H and O–H groups in total. The van der Waals surface area contributed by atoms with E-state index in [1.807, 2.05) is 0 Å². The Hall–Kier alpha value is -6.58. The molecule has 11 rings (SSSR count). The van der Waals surface area contributed by atoms with Crippen LogP contribution in [0.25, 0.3) is 33.4 Å². The third kappa shape index (κ3) is 5.89. The Kier molecular flexibility index (Phi) is 8.39. The first-order chi connectivity index (χ1) is 28.3. The summed E-state index contributed by atoms with van der Waals surface area (Å²) < 4.78 is 0. The largest absolute Gasteiger partial charge is 0.311 e. The molecular weight excluding hydrogens is 687 g/mol. The van der Waals surface area contributed by atoms with Gasteiger partial charge in [0.05, 0.1) is 0 Å². The van der Waals surface area contributed by atoms with E-state index in [-0.39, 0.29) is 6.71 Å². The van der Waals surface area contributed by atoms with Gasteiger partial charge < -0.3 is 9.80 Å². The Morgan fingerprint density at radius 3 is 1.32 bits per heavy atom. The molecule has 272 valence electrons. The maximum Gasteiger partial charge on any atom is 0.252 e. The van der Waals surface area contributed by atoms with Crippen molar-refractivity contribution in [1.29, 1.82) is 0 Å². The molecule has 1 aliphatic carbocycles. The highest BCUT2D eigenvalue weighted by Gasteiger charge is 2.44. The van der Waals surface area contributed by atoms with Crippen LogP contribution in [0.2, 0.25) is 0 Å². The van der Waals surface area contributed by atoms with Crippen molar-refractivity contribution < 1.29 is 0 Å². The number of anilines is 6. The molecular formula is C54H43BN2. The van der Waals surface area contributed by atoms with E-state index in [1.165, 1.54) is 122 Å². The van der Waals surface area contributed by atoms with E-state index < -0.39 is 0 Å². The van der Waals surface area contributed by atoms with E-state index in [0.29, 0.717) is 5.92 Å². The van der Waals surface area contributed by atoms with Crippen molar-refractivity contribution in [3.63, 3.8) is 0 Å². The van der Waals surface area contributed by atoms with Gasteiger partial charge >= 0.3 is 0 Å². The molecule has 2 nitrogen and oxygen atoms in total. The molecule has 2 heterocycles. The Morgan fingerprint density at radius 1 is 0.351 bits per heavy atom. The minimum absolute atomic E-state index is 0.0289. The lowest BCUT2D eigenvalue weighted by Gasteiger charge is -2.45. The summed E-state index contributed by atoms with van der Waals surface area (Å²) in [7, 11) is 0. The SMILES string of the molecule is c1ccc(-c2cccc(N3c4ccc(-c5ccccc5)cc4B4c5cc(-c6ccccc6)ccc5N(c5ccccc5)c5cc(C6CCCCC6)cc3c54)c2)cc1. The van der Waals surface area contributed by atoms with Crippen LogP contribution in [-0.4, -0.2) is 6.71 Å². The van der Waals surface area contributed by atoms with Gasteiger partial charge in [-0.1, -0.05) is 165 Å². The van der Waals surface area contributed by atoms with E-state index in [2.05, 4.69) is 204 Å². The Labute approximate surface area is 336 Å². The molecule has 3 aliphatic rings. The van der Waals surface area contributed by atoms with Gasteiger partial charge in [0.2, 0.25) is 0 Å². The van der Waals surface area contributed by atoms with Crippen LogP contribution >= 0.6 is 0 Å². The van der Waals surface area contributed by atoms with Gasteiger partial charge in [0.15, 0.2) is 0 Å². The number of nitrogens with zero attached hydrogens (tertiary/aromatic N) is 2. The van der Waals surface area contributed by atoms with Crippen molar-refractivity contribution in [2.75, 3.05) is 9.80 Å². The fraction of sp³-hybridized carbons (Fsp3) is 0.111. The zero-order valence-electron chi connectivity index (χ0n) is 32.1. The van der Waals surface area contributed by atoms with Gasteiger partial charge in [-0.25, -0.2) is 0 Å². The van der Waals surface area contributed by atoms with E-state index in [0.717, 1.165) is 0 Å². The van der Waals surface area contributed by atoms with Gasteiger partial charge in [-0.05, 0) is 123 Å². The average Bonchev–Trinajstić information content (AvgIpc) is 3.30. The van der Waals surface area contributed by atoms with Gasteiger partial charge in [-0.3, -0.25) is 0 Å². The second-order valence-electron chi connectivity index (χ2n) is 15.9. The highest BCUT2D eigenvalue weighted by molar-refractivity contribution is 7.00. The van der Waals surface area contributed by atoms with Crippen LogP contribution in [0.15, 0.2) is 194 Å². The van der Waals surface area contributed by atoms with Crippen LogP contribution in [0.1, 0.15) is 43.6 Å². The molecule has 0 unspecified atom stereocenters. The minimum atomic E-state index is 0.0289. The normalized spacial score (nSPS) is 14.5. The van der Waals surface area contributed by atoms with Gasteiger partial charge in [-0.15, -0.1) is 0 Å². The molecule has 0 aromatic heterocycles. The zero-order valence-corrected chi connectivity index (χ0v) is 32.1. The Balaban J connectivity index is 1.23. The molecule has 0 atom stereocenters. The third-order valence-corrected chi connectivity index (χ3v) is 12.6. The first kappa shape index (κ1) is 33.7. The summed E-state index contributed by atoms with van der Waals surface area (Å²) >= 11 is 0. The van der Waals surface area contributed by atoms with Crippen molar-refractivity contribution in [3.05, 3.63) is 200 Å². The van der Waals surface area contributed by atoms with Gasteiger partial charge in [0, 0.05) is 34.1 Å². The van der Waals surface area contributed by atoms with Crippen LogP contribution in [0, 0.1) is 0 Å². The summed E-state index contributed by atoms with van der Waals surface area (Å²) in [5.74, 6) is 0.539. The summed E-state index contributed by atoms with van der Waals surface area (Å²) in [4.78, 5) is 5.16. The number of para-hydroxylation sites is 1. The quantitative estimate of drug-likeness (QED) is 0.157. The van der Waals surface area contributed by atoms with Crippen molar-refractivity contribution >= 4 is 57.2 Å². The van der Waals surface area contributed by atoms with Gasteiger partial charge in [-0.2, -0.15) is 0 Å². The zero-order chi connectivity index (χ0) is 37.7. The topological polar surface area (TPSA) is 6.48 Å². The molecule has 2 aliphatic heterocycles. The number of fused-ring (bicyclic) bond motifs is 4. The van der Waals surface area contributed by atoms with Gasteiger partial charge in [0.25, 0.3) is 6.71 Å². The highest BCUT2D eigenvalue weighted by atomic mass is 15.2. The molecule has 1 saturated carbocycles. The molecule has 8 aromatic rings. The van der Waals surface area contributed by atoms with Crippen LogP contribution < -0.4 is 26.2 Å². The summed E-state index contributed by atoms with van der Waals surface area (Å²) in [6.45, 7) is 0.0289. The van der Waals surface area contributed by atoms with Crippen LogP contribution in [0.3, 0.4) is 0 Å². The fourth-order valence-corrected chi connectivity index (χ4v) is 9.91. The monoisotopic (exact) mass is 730 g/mol. The second kappa shape index (κ2) is 14.2. The van der Waals surface area contributed by atoms with Crippen molar-refractivity contribution in [3.8, 4) is 33.4 Å². The molecule has 0 radical (unpaired) electrons. The van der Waals surface area contributed by atoms with Crippen molar-refractivity contribution in [1.82, 2.24) is 0 Å². The maximum absolute atomic E-state index is 2.59. The molecule has 0 spiro atoms. The van der Waals surface area contributed by atoms with E-state index in [9.17, 15) is 0 Å². The van der Waals surface area contributed by atoms with Crippen LogP contribution in [0.4, 0.5) is 34.1 Å². The van der Waals surface area contributed by atoms with Crippen molar-refractivity contribution in [2.24, 2.45) is 0 Å². The third-order valence-electron chi connectivity index (χ3n) is 12.6. The average molecular weight is 731 g/mol. The predicted octanol–water partition coefficient (Wildman–Crippen LogP) is 12.8. The summed E-state index contributed by atoms with van der Waals surface area (Å²) in [5, 5.41) is 0. The number of rotatable bonds is 6. The van der Waals surface area contributed by atoms with E-state index >= 15 is 0 Å². The predicted molar refractivity (Wildman–Crippen MR) is 243 cm³/mol. The van der Waals surface area contributed by atoms with Gasteiger partial charge in [0.1, 0.15) is 0 Å². The maximum atomic E-state index is 2.59. The number of hydrogen-bond acceptors (Lipinski definition) is 2. The fourth-order valence-electron chi connectivity index (χ4n) is 9.91. The number of benzene rings is 8. The minimum Gasteiger partial charge on any atom is -0.311 e. The summed E-state index contributed by atoms with van der Waals surface area (Å²) in [6, 6.07) is 72.4.